The highest BCUT2D eigenvalue weighted by Crippen LogP contribution is 2.34. The van der Waals surface area contributed by atoms with E-state index in [0.717, 1.165) is 30.5 Å². The van der Waals surface area contributed by atoms with Crippen LogP contribution in [0.15, 0.2) is 0 Å². The van der Waals surface area contributed by atoms with Crippen LogP contribution in [0.5, 0.6) is 0 Å². The molecule has 0 saturated heterocycles. The Morgan fingerprint density at radius 3 is 2.40 bits per heavy atom. The standard InChI is InChI=1S/C15H26ClN3O/c1-11-12(14(16)19(2)18-11)10-13(17)15(20-3)8-6-4-5-7-9-15/h13H,4-10,17H2,1-3H3. The SMILES string of the molecule is COC1(C(N)Cc2c(C)nn(C)c2Cl)CCCCCC1. The monoisotopic (exact) mass is 299 g/mol. The van der Waals surface area contributed by atoms with Crippen molar-refractivity contribution >= 4 is 11.6 Å². The summed E-state index contributed by atoms with van der Waals surface area (Å²) < 4.78 is 7.60. The number of nitrogens with zero attached hydrogens (tertiary/aromatic N) is 2. The molecule has 2 rings (SSSR count). The molecule has 114 valence electrons. The Balaban J connectivity index is 2.18. The van der Waals surface area contributed by atoms with Crippen molar-refractivity contribution in [3.8, 4) is 0 Å². The highest BCUT2D eigenvalue weighted by molar-refractivity contribution is 6.30. The van der Waals surface area contributed by atoms with Gasteiger partial charge in [-0.3, -0.25) is 4.68 Å². The van der Waals surface area contributed by atoms with E-state index >= 15 is 0 Å². The number of rotatable bonds is 4. The van der Waals surface area contributed by atoms with Gasteiger partial charge in [0.15, 0.2) is 0 Å². The Hall–Kier alpha value is -0.580. The minimum absolute atomic E-state index is 0.0361. The molecule has 20 heavy (non-hydrogen) atoms. The Morgan fingerprint density at radius 1 is 1.35 bits per heavy atom. The molecule has 1 atom stereocenters. The van der Waals surface area contributed by atoms with Gasteiger partial charge in [-0.05, 0) is 26.2 Å². The van der Waals surface area contributed by atoms with E-state index in [-0.39, 0.29) is 11.6 Å². The summed E-state index contributed by atoms with van der Waals surface area (Å²) in [6.07, 6.45) is 7.77. The fourth-order valence-corrected chi connectivity index (χ4v) is 3.62. The molecule has 1 fully saturated rings. The zero-order chi connectivity index (χ0) is 14.8. The van der Waals surface area contributed by atoms with Crippen molar-refractivity contribution in [3.63, 3.8) is 0 Å². The van der Waals surface area contributed by atoms with Gasteiger partial charge in [0.25, 0.3) is 0 Å². The summed E-state index contributed by atoms with van der Waals surface area (Å²) in [5.74, 6) is 0. The second-order valence-corrected chi connectivity index (χ2v) is 6.33. The third-order valence-corrected chi connectivity index (χ3v) is 5.20. The lowest BCUT2D eigenvalue weighted by molar-refractivity contribution is -0.0430. The average Bonchev–Trinajstić information content (AvgIpc) is 2.66. The van der Waals surface area contributed by atoms with Crippen LogP contribution < -0.4 is 5.73 Å². The van der Waals surface area contributed by atoms with Crippen LogP contribution in [0.25, 0.3) is 0 Å². The van der Waals surface area contributed by atoms with E-state index < -0.39 is 0 Å². The molecule has 5 heteroatoms. The molecule has 1 aromatic heterocycles. The number of hydrogen-bond donors (Lipinski definition) is 1. The maximum atomic E-state index is 6.52. The number of methoxy groups -OCH3 is 1. The molecule has 0 spiro atoms. The summed E-state index contributed by atoms with van der Waals surface area (Å²) in [4.78, 5) is 0. The van der Waals surface area contributed by atoms with E-state index in [4.69, 9.17) is 22.1 Å². The summed E-state index contributed by atoms with van der Waals surface area (Å²) in [5.41, 5.74) is 8.34. The van der Waals surface area contributed by atoms with Gasteiger partial charge in [0.2, 0.25) is 0 Å². The van der Waals surface area contributed by atoms with E-state index in [2.05, 4.69) is 5.10 Å². The summed E-state index contributed by atoms with van der Waals surface area (Å²) in [6.45, 7) is 1.99. The predicted octanol–water partition coefficient (Wildman–Crippen LogP) is 2.99. The molecule has 0 aromatic carbocycles. The van der Waals surface area contributed by atoms with Gasteiger partial charge in [-0.25, -0.2) is 0 Å². The molecular weight excluding hydrogens is 274 g/mol. The normalized spacial score (nSPS) is 20.6. The smallest absolute Gasteiger partial charge is 0.130 e. The van der Waals surface area contributed by atoms with Crippen LogP contribution in [0.1, 0.15) is 49.8 Å². The number of ether oxygens (including phenoxy) is 1. The topological polar surface area (TPSA) is 53.1 Å². The fourth-order valence-electron chi connectivity index (χ4n) is 3.36. The molecule has 4 nitrogen and oxygen atoms in total. The van der Waals surface area contributed by atoms with Crippen molar-refractivity contribution in [1.82, 2.24) is 9.78 Å². The number of aryl methyl sites for hydroxylation is 2. The lowest BCUT2D eigenvalue weighted by Gasteiger charge is -2.37. The van der Waals surface area contributed by atoms with Crippen molar-refractivity contribution in [1.29, 1.82) is 0 Å². The molecule has 0 amide bonds. The summed E-state index contributed by atoms with van der Waals surface area (Å²) >= 11 is 6.32. The third-order valence-electron chi connectivity index (χ3n) is 4.73. The average molecular weight is 300 g/mol. The largest absolute Gasteiger partial charge is 0.377 e. The minimum Gasteiger partial charge on any atom is -0.377 e. The molecule has 0 radical (unpaired) electrons. The molecule has 1 saturated carbocycles. The number of hydrogen-bond acceptors (Lipinski definition) is 3. The molecule has 0 aliphatic heterocycles. The van der Waals surface area contributed by atoms with Crippen LogP contribution in [0.3, 0.4) is 0 Å². The third kappa shape index (κ3) is 3.02. The second-order valence-electron chi connectivity index (χ2n) is 5.97. The van der Waals surface area contributed by atoms with E-state index in [1.54, 1.807) is 11.8 Å². The highest BCUT2D eigenvalue weighted by Gasteiger charge is 2.37. The van der Waals surface area contributed by atoms with Crippen molar-refractivity contribution in [2.75, 3.05) is 7.11 Å². The first-order valence-electron chi connectivity index (χ1n) is 7.49. The van der Waals surface area contributed by atoms with Gasteiger partial charge in [-0.15, -0.1) is 0 Å². The Labute approximate surface area is 126 Å². The Bertz CT molecular complexity index is 450. The van der Waals surface area contributed by atoms with Gasteiger partial charge in [0, 0.05) is 25.8 Å². The van der Waals surface area contributed by atoms with Gasteiger partial charge in [0.05, 0.1) is 11.3 Å². The molecule has 1 aromatic rings. The molecule has 2 N–H and O–H groups in total. The summed E-state index contributed by atoms with van der Waals surface area (Å²) in [7, 11) is 3.66. The maximum absolute atomic E-state index is 6.52. The number of nitrogens with two attached hydrogens (primary N) is 1. The van der Waals surface area contributed by atoms with E-state index in [0.29, 0.717) is 5.15 Å². The lowest BCUT2D eigenvalue weighted by Crippen LogP contribution is -2.50. The van der Waals surface area contributed by atoms with E-state index in [1.165, 1.54) is 25.7 Å². The van der Waals surface area contributed by atoms with Crippen molar-refractivity contribution < 1.29 is 4.74 Å². The van der Waals surface area contributed by atoms with Crippen molar-refractivity contribution in [2.24, 2.45) is 12.8 Å². The first kappa shape index (κ1) is 15.8. The van der Waals surface area contributed by atoms with E-state index in [1.807, 2.05) is 14.0 Å². The zero-order valence-corrected chi connectivity index (χ0v) is 13.5. The van der Waals surface area contributed by atoms with Crippen LogP contribution in [-0.2, 0) is 18.2 Å². The molecule has 1 unspecified atom stereocenters. The molecule has 1 aliphatic carbocycles. The van der Waals surface area contributed by atoms with Crippen molar-refractivity contribution in [2.45, 2.75) is 63.5 Å². The second kappa shape index (κ2) is 6.46. The highest BCUT2D eigenvalue weighted by atomic mass is 35.5. The first-order valence-corrected chi connectivity index (χ1v) is 7.86. The zero-order valence-electron chi connectivity index (χ0n) is 12.8. The molecular formula is C15H26ClN3O. The van der Waals surface area contributed by atoms with Crippen LogP contribution in [0.2, 0.25) is 5.15 Å². The minimum atomic E-state index is -0.206. The molecule has 0 bridgehead atoms. The van der Waals surface area contributed by atoms with Gasteiger partial charge >= 0.3 is 0 Å². The Morgan fingerprint density at radius 2 is 1.95 bits per heavy atom. The van der Waals surface area contributed by atoms with Gasteiger partial charge in [-0.2, -0.15) is 5.10 Å². The number of aromatic nitrogens is 2. The van der Waals surface area contributed by atoms with Gasteiger partial charge in [-0.1, -0.05) is 37.3 Å². The fraction of sp³-hybridized carbons (Fsp3) is 0.800. The lowest BCUT2D eigenvalue weighted by atomic mass is 9.83. The summed E-state index contributed by atoms with van der Waals surface area (Å²) in [6, 6.07) is -0.0361. The number of halogens is 1. The predicted molar refractivity (Wildman–Crippen MR) is 82.1 cm³/mol. The quantitative estimate of drug-likeness (QED) is 0.870. The van der Waals surface area contributed by atoms with Crippen molar-refractivity contribution in [3.05, 3.63) is 16.4 Å². The first-order chi connectivity index (χ1) is 9.50. The maximum Gasteiger partial charge on any atom is 0.130 e. The van der Waals surface area contributed by atoms with Gasteiger partial charge < -0.3 is 10.5 Å². The van der Waals surface area contributed by atoms with Crippen LogP contribution in [0, 0.1) is 6.92 Å². The summed E-state index contributed by atoms with van der Waals surface area (Å²) in [5, 5.41) is 5.06. The molecule has 1 heterocycles. The van der Waals surface area contributed by atoms with Crippen LogP contribution in [0.4, 0.5) is 0 Å². The van der Waals surface area contributed by atoms with Crippen LogP contribution in [-0.4, -0.2) is 28.5 Å². The molecule has 1 aliphatic rings. The Kier molecular flexibility index (Phi) is 5.10. The van der Waals surface area contributed by atoms with E-state index in [9.17, 15) is 0 Å². The van der Waals surface area contributed by atoms with Crippen LogP contribution >= 0.6 is 11.6 Å². The van der Waals surface area contributed by atoms with Gasteiger partial charge in [0.1, 0.15) is 5.15 Å².